The minimum Gasteiger partial charge on any atom is -0.457 e. The van der Waals surface area contributed by atoms with Gasteiger partial charge in [0.15, 0.2) is 0 Å². The molecule has 9 nitrogen and oxygen atoms in total. The third-order valence-corrected chi connectivity index (χ3v) is 25.9. The number of fused-ring (bicyclic) bond motifs is 27. The minimum atomic E-state index is -0.582. The van der Waals surface area contributed by atoms with E-state index in [0.29, 0.717) is 0 Å². The molecule has 0 amide bonds. The molecule has 0 atom stereocenters. The molecule has 6 aromatic heterocycles. The SMILES string of the molecule is c1ccc(-c2nc3ccc(-c4ccc(-c5cc(-c6ccccn6)nc(-c6ccccn6)c5)cc4)cc3c3c4c(ccc23)C2(c3ccccc3Oc3ccccc32)c2ccccc2-4)cc1.c1ccc(-c2nc3ccc(-c4ccc(-c5nc6ccccc6n5-c5ccccc5)cc4)cc3c3c4c(ccc23)C2(c3ccccc3Oc3ccccc32)c2ccccc2-4)cc1. The quantitative estimate of drug-likeness (QED) is 0.132. The lowest BCUT2D eigenvalue weighted by Gasteiger charge is -2.39. The van der Waals surface area contributed by atoms with Crippen LogP contribution in [0, 0.1) is 0 Å². The molecule has 2 aliphatic carbocycles. The number of para-hydroxylation sites is 7. The first-order valence-electron chi connectivity index (χ1n) is 42.4. The number of imidazole rings is 1. The Balaban J connectivity index is 0.000000137. The summed E-state index contributed by atoms with van der Waals surface area (Å²) in [5, 5.41) is 6.90. The van der Waals surface area contributed by atoms with E-state index in [1.165, 1.54) is 55.3 Å². The molecule has 0 radical (unpaired) electrons. The zero-order valence-electron chi connectivity index (χ0n) is 67.4. The van der Waals surface area contributed by atoms with Gasteiger partial charge in [0.05, 0.1) is 67.1 Å². The molecular weight excluding hydrogens is 1520 g/mol. The van der Waals surface area contributed by atoms with Crippen LogP contribution < -0.4 is 9.47 Å². The van der Waals surface area contributed by atoms with Crippen LogP contribution in [0.5, 0.6) is 23.0 Å². The number of ether oxygens (including phenoxy) is 2. The number of benzene rings is 16. The normalized spacial score (nSPS) is 13.1. The van der Waals surface area contributed by atoms with Crippen molar-refractivity contribution in [3.63, 3.8) is 0 Å². The molecule has 0 unspecified atom stereocenters. The molecule has 16 aromatic carbocycles. The monoisotopic (exact) mass is 1590 g/mol. The second-order valence-corrected chi connectivity index (χ2v) is 32.5. The van der Waals surface area contributed by atoms with Crippen LogP contribution in [0.2, 0.25) is 0 Å². The fraction of sp³-hybridized carbons (Fsp3) is 0.0172. The van der Waals surface area contributed by atoms with Crippen molar-refractivity contribution in [3.05, 3.63) is 475 Å². The number of pyridine rings is 5. The predicted octanol–water partition coefficient (Wildman–Crippen LogP) is 28.6. The van der Waals surface area contributed by atoms with E-state index in [9.17, 15) is 0 Å². The molecule has 2 spiro atoms. The summed E-state index contributed by atoms with van der Waals surface area (Å²) in [6.07, 6.45) is 3.61. The molecule has 0 N–H and O–H groups in total. The Hall–Kier alpha value is -16.6. The molecule has 0 saturated heterocycles. The summed E-state index contributed by atoms with van der Waals surface area (Å²) in [5.41, 5.74) is 33.5. The van der Waals surface area contributed by atoms with E-state index in [4.69, 9.17) is 29.4 Å². The van der Waals surface area contributed by atoms with Crippen LogP contribution in [0.15, 0.2) is 431 Å². The van der Waals surface area contributed by atoms with Crippen molar-refractivity contribution in [3.8, 4) is 141 Å². The van der Waals surface area contributed by atoms with Gasteiger partial charge in [-0.05, 0) is 187 Å². The average molecular weight is 1590 g/mol. The first-order chi connectivity index (χ1) is 62.0. The van der Waals surface area contributed by atoms with E-state index >= 15 is 0 Å². The van der Waals surface area contributed by atoms with E-state index in [1.54, 1.807) is 12.4 Å². The summed E-state index contributed by atoms with van der Waals surface area (Å²) in [6, 6.07) is 149. The van der Waals surface area contributed by atoms with Crippen molar-refractivity contribution in [2.75, 3.05) is 0 Å². The molecule has 125 heavy (non-hydrogen) atoms. The smallest absolute Gasteiger partial charge is 0.145 e. The maximum atomic E-state index is 6.66. The highest BCUT2D eigenvalue weighted by Gasteiger charge is 2.53. The molecule has 2 aliphatic heterocycles. The van der Waals surface area contributed by atoms with Crippen molar-refractivity contribution in [2.24, 2.45) is 0 Å². The van der Waals surface area contributed by atoms with E-state index in [0.717, 1.165) is 185 Å². The van der Waals surface area contributed by atoms with E-state index in [-0.39, 0.29) is 0 Å². The molecule has 582 valence electrons. The van der Waals surface area contributed by atoms with Gasteiger partial charge in [0, 0.05) is 89.3 Å². The van der Waals surface area contributed by atoms with Crippen LogP contribution in [-0.2, 0) is 10.8 Å². The second-order valence-electron chi connectivity index (χ2n) is 32.5. The molecule has 22 aromatic rings. The van der Waals surface area contributed by atoms with Gasteiger partial charge in [-0.3, -0.25) is 14.5 Å². The van der Waals surface area contributed by atoms with Crippen LogP contribution in [-0.4, -0.2) is 34.5 Å². The fourth-order valence-corrected chi connectivity index (χ4v) is 20.6. The van der Waals surface area contributed by atoms with Gasteiger partial charge in [0.1, 0.15) is 28.8 Å². The lowest BCUT2D eigenvalue weighted by atomic mass is 9.66. The first-order valence-corrected chi connectivity index (χ1v) is 42.4. The largest absolute Gasteiger partial charge is 0.457 e. The third-order valence-electron chi connectivity index (χ3n) is 25.9. The predicted molar refractivity (Wildman–Crippen MR) is 505 cm³/mol. The van der Waals surface area contributed by atoms with E-state index in [1.807, 2.05) is 42.5 Å². The summed E-state index contributed by atoms with van der Waals surface area (Å²) in [7, 11) is 0. The van der Waals surface area contributed by atoms with Gasteiger partial charge < -0.3 is 9.47 Å². The molecular formula is C116H71N7O2. The van der Waals surface area contributed by atoms with Gasteiger partial charge in [-0.15, -0.1) is 0 Å². The van der Waals surface area contributed by atoms with Crippen molar-refractivity contribution in [1.82, 2.24) is 34.5 Å². The Morgan fingerprint density at radius 3 is 1.05 bits per heavy atom. The molecule has 9 heteroatoms. The van der Waals surface area contributed by atoms with Crippen molar-refractivity contribution < 1.29 is 9.47 Å². The number of hydrogen-bond donors (Lipinski definition) is 0. The van der Waals surface area contributed by atoms with Crippen molar-refractivity contribution in [2.45, 2.75) is 10.8 Å². The Bertz CT molecular complexity index is 7990. The first kappa shape index (κ1) is 71.3. The molecule has 0 bridgehead atoms. The average Bonchev–Trinajstić information content (AvgIpc) is 1.51. The van der Waals surface area contributed by atoms with Crippen molar-refractivity contribution >= 4 is 54.4 Å². The number of aromatic nitrogens is 7. The van der Waals surface area contributed by atoms with Gasteiger partial charge in [0.2, 0.25) is 0 Å². The lowest BCUT2D eigenvalue weighted by molar-refractivity contribution is 0.436. The zero-order valence-corrected chi connectivity index (χ0v) is 67.4. The Morgan fingerprint density at radius 1 is 0.224 bits per heavy atom. The summed E-state index contributed by atoms with van der Waals surface area (Å²) in [6.45, 7) is 0. The highest BCUT2D eigenvalue weighted by Crippen LogP contribution is 2.66. The third kappa shape index (κ3) is 11.1. The molecule has 0 saturated carbocycles. The van der Waals surface area contributed by atoms with Crippen LogP contribution in [0.25, 0.3) is 172 Å². The van der Waals surface area contributed by atoms with Crippen LogP contribution in [0.1, 0.15) is 44.5 Å². The highest BCUT2D eigenvalue weighted by molar-refractivity contribution is 6.22. The van der Waals surface area contributed by atoms with Gasteiger partial charge in [-0.1, -0.05) is 309 Å². The fourth-order valence-electron chi connectivity index (χ4n) is 20.6. The van der Waals surface area contributed by atoms with Crippen LogP contribution in [0.3, 0.4) is 0 Å². The lowest BCUT2D eigenvalue weighted by Crippen LogP contribution is -2.32. The summed E-state index contributed by atoms with van der Waals surface area (Å²) in [5.74, 6) is 4.46. The van der Waals surface area contributed by atoms with Gasteiger partial charge >= 0.3 is 0 Å². The second kappa shape index (κ2) is 28.5. The van der Waals surface area contributed by atoms with Crippen LogP contribution >= 0.6 is 0 Å². The topological polar surface area (TPSA) is 101 Å². The van der Waals surface area contributed by atoms with Gasteiger partial charge in [-0.2, -0.15) is 0 Å². The maximum Gasteiger partial charge on any atom is 0.145 e. The van der Waals surface area contributed by atoms with E-state index in [2.05, 4.69) is 391 Å². The van der Waals surface area contributed by atoms with Gasteiger partial charge in [-0.25, -0.2) is 19.9 Å². The molecule has 0 fully saturated rings. The highest BCUT2D eigenvalue weighted by atomic mass is 16.5. The zero-order chi connectivity index (χ0) is 82.3. The number of hydrogen-bond acceptors (Lipinski definition) is 8. The molecule has 26 rings (SSSR count). The summed E-state index contributed by atoms with van der Waals surface area (Å²) in [4.78, 5) is 30.3. The number of nitrogens with zero attached hydrogens (tertiary/aromatic N) is 7. The summed E-state index contributed by atoms with van der Waals surface area (Å²) >= 11 is 0. The molecule has 4 aliphatic rings. The van der Waals surface area contributed by atoms with Crippen LogP contribution in [0.4, 0.5) is 0 Å². The van der Waals surface area contributed by atoms with Crippen molar-refractivity contribution in [1.29, 1.82) is 0 Å². The number of rotatable bonds is 9. The van der Waals surface area contributed by atoms with Gasteiger partial charge in [0.25, 0.3) is 0 Å². The Morgan fingerprint density at radius 2 is 0.600 bits per heavy atom. The maximum absolute atomic E-state index is 6.66. The Kier molecular flexibility index (Phi) is 16.3. The molecule has 8 heterocycles. The van der Waals surface area contributed by atoms with E-state index < -0.39 is 10.8 Å². The minimum absolute atomic E-state index is 0.572. The Labute approximate surface area is 720 Å². The summed E-state index contributed by atoms with van der Waals surface area (Å²) < 4.78 is 15.6. The standard InChI is InChI=1S/C59H36N4O.C57H35N3O/c1-2-14-39(15-3-1)58-43-29-30-48-57(42-16-4-5-17-45(42)59(48)46-18-6-8-22-54(46)64-55-23-9-7-19-47(55)59)56(43)44-34-40(28-31-49(44)63-58)37-24-26-38(27-25-37)41-35-52(50-20-10-12-32-60-50)62-53(36-41)51-21-11-13-33-61-51;1-3-15-37(16-4-1)55-42-32-33-47-54(41-19-7-8-20-44(41)57(47)45-21-9-13-25-51(45)61-52-26-14-10-22-46(52)57)53(42)43-35-39(31-34-48(43)58-55)36-27-29-38(30-28-36)56-59-49-23-11-12-24-50(49)60(56)40-17-5-2-6-18-40/h1-36H;1-35H.